The van der Waals surface area contributed by atoms with E-state index in [-0.39, 0.29) is 31.4 Å². The molecule has 0 fully saturated rings. The molecular formula is C21H30N2O4S2. The maximum atomic E-state index is 13.2. The van der Waals surface area contributed by atoms with Gasteiger partial charge in [0, 0.05) is 25.1 Å². The molecule has 8 heteroatoms. The quantitative estimate of drug-likeness (QED) is 0.481. The molecule has 0 N–H and O–H groups in total. The standard InChI is InChI=1S/C21H30N2O4S2/c1-3-4-15-29(25,26)23(12-13-27-2)18-21(24)22(17-20-11-8-14-28-20)16-19-9-6-5-7-10-19/h5-11,14H,3-4,12-13,15-18H2,1-2H3. The Labute approximate surface area is 178 Å². The lowest BCUT2D eigenvalue weighted by Crippen LogP contribution is -2.44. The molecule has 1 amide bonds. The number of ether oxygens (including phenoxy) is 1. The van der Waals surface area contributed by atoms with Crippen LogP contribution in [0.25, 0.3) is 0 Å². The Morgan fingerprint density at radius 3 is 2.48 bits per heavy atom. The molecule has 1 heterocycles. The summed E-state index contributed by atoms with van der Waals surface area (Å²) in [7, 11) is -1.99. The molecule has 0 atom stereocenters. The van der Waals surface area contributed by atoms with Crippen molar-refractivity contribution in [3.8, 4) is 0 Å². The first-order chi connectivity index (χ1) is 14.0. The van der Waals surface area contributed by atoms with Crippen LogP contribution in [0.3, 0.4) is 0 Å². The highest BCUT2D eigenvalue weighted by Crippen LogP contribution is 2.16. The van der Waals surface area contributed by atoms with Crippen LogP contribution in [0.1, 0.15) is 30.2 Å². The van der Waals surface area contributed by atoms with Crippen LogP contribution < -0.4 is 0 Å². The number of sulfonamides is 1. The van der Waals surface area contributed by atoms with Crippen LogP contribution >= 0.6 is 11.3 Å². The number of hydrogen-bond donors (Lipinski definition) is 0. The fourth-order valence-electron chi connectivity index (χ4n) is 2.84. The van der Waals surface area contributed by atoms with E-state index < -0.39 is 10.0 Å². The summed E-state index contributed by atoms with van der Waals surface area (Å²) in [6, 6.07) is 13.7. The Hall–Kier alpha value is -1.74. The predicted octanol–water partition coefficient (Wildman–Crippen LogP) is 3.36. The average molecular weight is 439 g/mol. The molecule has 2 rings (SSSR count). The summed E-state index contributed by atoms with van der Waals surface area (Å²) >= 11 is 1.58. The van der Waals surface area contributed by atoms with Crippen molar-refractivity contribution in [1.82, 2.24) is 9.21 Å². The van der Waals surface area contributed by atoms with E-state index in [1.807, 2.05) is 54.8 Å². The molecule has 0 saturated heterocycles. The van der Waals surface area contributed by atoms with E-state index in [1.165, 1.54) is 11.4 Å². The number of unbranched alkanes of at least 4 members (excludes halogenated alkanes) is 1. The lowest BCUT2D eigenvalue weighted by molar-refractivity contribution is -0.132. The Morgan fingerprint density at radius 2 is 1.86 bits per heavy atom. The van der Waals surface area contributed by atoms with Crippen molar-refractivity contribution < 1.29 is 17.9 Å². The number of benzene rings is 1. The van der Waals surface area contributed by atoms with Gasteiger partial charge in [0.1, 0.15) is 0 Å². The number of hydrogen-bond acceptors (Lipinski definition) is 5. The van der Waals surface area contributed by atoms with Crippen molar-refractivity contribution in [2.24, 2.45) is 0 Å². The summed E-state index contributed by atoms with van der Waals surface area (Å²) in [4.78, 5) is 15.9. The Kier molecular flexibility index (Phi) is 9.80. The summed E-state index contributed by atoms with van der Waals surface area (Å²) in [5.74, 6) is -0.164. The van der Waals surface area contributed by atoms with Gasteiger partial charge in [-0.3, -0.25) is 4.79 Å². The number of rotatable bonds is 13. The van der Waals surface area contributed by atoms with Crippen LogP contribution in [-0.4, -0.2) is 56.1 Å². The largest absolute Gasteiger partial charge is 0.383 e. The monoisotopic (exact) mass is 438 g/mol. The Morgan fingerprint density at radius 1 is 1.10 bits per heavy atom. The van der Waals surface area contributed by atoms with Gasteiger partial charge in [-0.2, -0.15) is 4.31 Å². The van der Waals surface area contributed by atoms with Crippen molar-refractivity contribution >= 4 is 27.3 Å². The lowest BCUT2D eigenvalue weighted by Gasteiger charge is -2.27. The van der Waals surface area contributed by atoms with E-state index in [0.717, 1.165) is 16.9 Å². The van der Waals surface area contributed by atoms with Crippen molar-refractivity contribution in [2.75, 3.05) is 32.6 Å². The fraction of sp³-hybridized carbons (Fsp3) is 0.476. The molecule has 0 aliphatic heterocycles. The number of nitrogens with zero attached hydrogens (tertiary/aromatic N) is 2. The first-order valence-corrected chi connectivity index (χ1v) is 12.3. The molecule has 0 aliphatic carbocycles. The van der Waals surface area contributed by atoms with Gasteiger partial charge in [-0.15, -0.1) is 11.3 Å². The van der Waals surface area contributed by atoms with Crippen molar-refractivity contribution in [1.29, 1.82) is 0 Å². The summed E-state index contributed by atoms with van der Waals surface area (Å²) in [6.07, 6.45) is 1.35. The number of carbonyl (C=O) groups is 1. The van der Waals surface area contributed by atoms with Crippen LogP contribution in [-0.2, 0) is 32.6 Å². The van der Waals surface area contributed by atoms with Gasteiger partial charge < -0.3 is 9.64 Å². The molecular weight excluding hydrogens is 408 g/mol. The topological polar surface area (TPSA) is 66.9 Å². The molecule has 160 valence electrons. The van der Waals surface area contributed by atoms with Crippen LogP contribution in [0.5, 0.6) is 0 Å². The zero-order valence-electron chi connectivity index (χ0n) is 17.1. The molecule has 0 spiro atoms. The normalized spacial score (nSPS) is 11.7. The van der Waals surface area contributed by atoms with Crippen LogP contribution in [0.4, 0.5) is 0 Å². The first-order valence-electron chi connectivity index (χ1n) is 9.77. The molecule has 1 aromatic carbocycles. The SMILES string of the molecule is CCCCS(=O)(=O)N(CCOC)CC(=O)N(Cc1ccccc1)Cc1cccs1. The van der Waals surface area contributed by atoms with Gasteiger partial charge in [-0.1, -0.05) is 49.7 Å². The molecule has 0 bridgehead atoms. The van der Waals surface area contributed by atoms with Gasteiger partial charge in [0.25, 0.3) is 0 Å². The zero-order valence-corrected chi connectivity index (χ0v) is 18.8. The van der Waals surface area contributed by atoms with E-state index in [0.29, 0.717) is 19.5 Å². The molecule has 0 radical (unpaired) electrons. The number of carbonyl (C=O) groups excluding carboxylic acids is 1. The zero-order chi connectivity index (χ0) is 21.1. The summed E-state index contributed by atoms with van der Waals surface area (Å²) in [5.41, 5.74) is 1.01. The molecule has 6 nitrogen and oxygen atoms in total. The molecule has 29 heavy (non-hydrogen) atoms. The molecule has 0 unspecified atom stereocenters. The highest BCUT2D eigenvalue weighted by molar-refractivity contribution is 7.89. The number of amides is 1. The molecule has 2 aromatic rings. The summed E-state index contributed by atoms with van der Waals surface area (Å²) in [6.45, 7) is 3.09. The highest BCUT2D eigenvalue weighted by Gasteiger charge is 2.26. The molecule has 0 aliphatic rings. The van der Waals surface area contributed by atoms with E-state index >= 15 is 0 Å². The number of methoxy groups -OCH3 is 1. The third-order valence-electron chi connectivity index (χ3n) is 4.50. The van der Waals surface area contributed by atoms with Gasteiger partial charge in [0.05, 0.1) is 25.4 Å². The van der Waals surface area contributed by atoms with Crippen molar-refractivity contribution in [3.63, 3.8) is 0 Å². The smallest absolute Gasteiger partial charge is 0.238 e. The van der Waals surface area contributed by atoms with E-state index in [9.17, 15) is 13.2 Å². The minimum absolute atomic E-state index is 0.0457. The number of thiophene rings is 1. The van der Waals surface area contributed by atoms with E-state index in [2.05, 4.69) is 0 Å². The van der Waals surface area contributed by atoms with Crippen LogP contribution in [0.2, 0.25) is 0 Å². The van der Waals surface area contributed by atoms with Crippen LogP contribution in [0, 0.1) is 0 Å². The second-order valence-electron chi connectivity index (χ2n) is 6.81. The minimum Gasteiger partial charge on any atom is -0.383 e. The van der Waals surface area contributed by atoms with Gasteiger partial charge in [-0.05, 0) is 23.4 Å². The second kappa shape index (κ2) is 12.1. The average Bonchev–Trinajstić information content (AvgIpc) is 3.22. The van der Waals surface area contributed by atoms with Crippen LogP contribution in [0.15, 0.2) is 47.8 Å². The summed E-state index contributed by atoms with van der Waals surface area (Å²) < 4.78 is 31.8. The van der Waals surface area contributed by atoms with E-state index in [4.69, 9.17) is 4.74 Å². The first kappa shape index (κ1) is 23.5. The van der Waals surface area contributed by atoms with Gasteiger partial charge in [0.2, 0.25) is 15.9 Å². The maximum Gasteiger partial charge on any atom is 0.238 e. The Balaban J connectivity index is 2.17. The van der Waals surface area contributed by atoms with Crippen molar-refractivity contribution in [2.45, 2.75) is 32.9 Å². The van der Waals surface area contributed by atoms with Gasteiger partial charge in [-0.25, -0.2) is 8.42 Å². The lowest BCUT2D eigenvalue weighted by atomic mass is 10.2. The molecule has 1 aromatic heterocycles. The Bertz CT molecular complexity index is 824. The van der Waals surface area contributed by atoms with Gasteiger partial charge >= 0.3 is 0 Å². The fourth-order valence-corrected chi connectivity index (χ4v) is 5.13. The highest BCUT2D eigenvalue weighted by atomic mass is 32.2. The minimum atomic E-state index is -3.51. The second-order valence-corrected chi connectivity index (χ2v) is 9.93. The third-order valence-corrected chi connectivity index (χ3v) is 7.27. The predicted molar refractivity (Wildman–Crippen MR) is 117 cm³/mol. The molecule has 0 saturated carbocycles. The van der Waals surface area contributed by atoms with E-state index in [1.54, 1.807) is 16.2 Å². The summed E-state index contributed by atoms with van der Waals surface area (Å²) in [5, 5.41) is 1.97. The van der Waals surface area contributed by atoms with Gasteiger partial charge in [0.15, 0.2) is 0 Å². The third kappa shape index (κ3) is 7.89. The maximum absolute atomic E-state index is 13.2. The van der Waals surface area contributed by atoms with Crippen molar-refractivity contribution in [3.05, 3.63) is 58.3 Å².